The highest BCUT2D eigenvalue weighted by molar-refractivity contribution is 7.10. The Labute approximate surface area is 163 Å². The average molecular weight is 391 g/mol. The number of aliphatic hydroxyl groups is 1. The zero-order valence-corrected chi connectivity index (χ0v) is 16.6. The third-order valence-corrected chi connectivity index (χ3v) is 7.87. The summed E-state index contributed by atoms with van der Waals surface area (Å²) in [5.74, 6) is 0.330. The van der Waals surface area contributed by atoms with Crippen molar-refractivity contribution in [1.29, 1.82) is 0 Å². The number of aliphatic hydroxyl groups excluding tert-OH is 1. The Hall–Kier alpha value is -1.21. The molecular weight excluding hydrogens is 364 g/mol. The highest BCUT2D eigenvalue weighted by atomic mass is 32.1. The van der Waals surface area contributed by atoms with Crippen LogP contribution in [0.2, 0.25) is 0 Å². The van der Waals surface area contributed by atoms with Gasteiger partial charge in [0.1, 0.15) is 6.10 Å². The van der Waals surface area contributed by atoms with E-state index in [-0.39, 0.29) is 5.41 Å². The topological polar surface area (TPSA) is 43.8 Å². The van der Waals surface area contributed by atoms with Gasteiger partial charge < -0.3 is 10.0 Å². The Morgan fingerprint density at radius 3 is 2.38 bits per heavy atom. The van der Waals surface area contributed by atoms with Gasteiger partial charge in [0, 0.05) is 42.5 Å². The SMILES string of the molecule is O=C(N1CCN(CC(O)c2cccs2)CC1)C1(c2cccs2)CCCC1. The van der Waals surface area contributed by atoms with Crippen molar-refractivity contribution < 1.29 is 9.90 Å². The van der Waals surface area contributed by atoms with Crippen LogP contribution in [-0.2, 0) is 10.2 Å². The molecule has 1 aliphatic heterocycles. The third-order valence-electron chi connectivity index (χ3n) is 5.82. The molecule has 140 valence electrons. The van der Waals surface area contributed by atoms with Crippen LogP contribution >= 0.6 is 22.7 Å². The number of β-amino-alcohol motifs (C(OH)–C–C–N with tert-alkyl or cyclic N) is 1. The molecule has 1 N–H and O–H groups in total. The molecule has 1 saturated carbocycles. The van der Waals surface area contributed by atoms with E-state index in [1.807, 2.05) is 17.5 Å². The van der Waals surface area contributed by atoms with Crippen molar-refractivity contribution in [2.24, 2.45) is 0 Å². The average Bonchev–Trinajstić information content (AvgIpc) is 3.44. The number of rotatable bonds is 5. The molecule has 2 aliphatic rings. The molecule has 3 heterocycles. The number of carbonyl (C=O) groups excluding carboxylic acids is 1. The van der Waals surface area contributed by atoms with Crippen LogP contribution in [0.1, 0.15) is 41.5 Å². The molecule has 1 saturated heterocycles. The van der Waals surface area contributed by atoms with E-state index in [0.717, 1.165) is 56.7 Å². The number of carbonyl (C=O) groups is 1. The molecule has 0 spiro atoms. The van der Waals surface area contributed by atoms with E-state index in [4.69, 9.17) is 0 Å². The number of thiophene rings is 2. The fourth-order valence-electron chi connectivity index (χ4n) is 4.35. The summed E-state index contributed by atoms with van der Waals surface area (Å²) in [6.45, 7) is 3.87. The number of hydrogen-bond acceptors (Lipinski definition) is 5. The summed E-state index contributed by atoms with van der Waals surface area (Å²) in [4.78, 5) is 20.0. The molecule has 0 aromatic carbocycles. The fraction of sp³-hybridized carbons (Fsp3) is 0.550. The van der Waals surface area contributed by atoms with Gasteiger partial charge >= 0.3 is 0 Å². The minimum absolute atomic E-state index is 0.271. The zero-order valence-electron chi connectivity index (χ0n) is 15.0. The second-order valence-corrected chi connectivity index (χ2v) is 9.32. The van der Waals surface area contributed by atoms with E-state index in [9.17, 15) is 9.90 Å². The summed E-state index contributed by atoms with van der Waals surface area (Å²) in [7, 11) is 0. The molecule has 1 atom stereocenters. The molecule has 4 nitrogen and oxygen atoms in total. The van der Waals surface area contributed by atoms with Crippen molar-refractivity contribution >= 4 is 28.6 Å². The van der Waals surface area contributed by atoms with E-state index >= 15 is 0 Å². The highest BCUT2D eigenvalue weighted by Crippen LogP contribution is 2.44. The molecule has 1 amide bonds. The quantitative estimate of drug-likeness (QED) is 0.850. The minimum Gasteiger partial charge on any atom is -0.386 e. The summed E-state index contributed by atoms with van der Waals surface area (Å²) in [5, 5.41) is 14.5. The number of hydrogen-bond donors (Lipinski definition) is 1. The van der Waals surface area contributed by atoms with Gasteiger partial charge in [-0.1, -0.05) is 25.0 Å². The fourth-order valence-corrected chi connectivity index (χ4v) is 6.03. The lowest BCUT2D eigenvalue weighted by Crippen LogP contribution is -2.54. The first-order valence-corrected chi connectivity index (χ1v) is 11.2. The van der Waals surface area contributed by atoms with Gasteiger partial charge in [-0.15, -0.1) is 22.7 Å². The molecule has 2 fully saturated rings. The second kappa shape index (κ2) is 7.80. The largest absolute Gasteiger partial charge is 0.386 e. The van der Waals surface area contributed by atoms with Crippen molar-refractivity contribution in [3.63, 3.8) is 0 Å². The van der Waals surface area contributed by atoms with E-state index < -0.39 is 6.10 Å². The molecule has 0 bridgehead atoms. The molecule has 26 heavy (non-hydrogen) atoms. The van der Waals surface area contributed by atoms with E-state index in [0.29, 0.717) is 12.5 Å². The summed E-state index contributed by atoms with van der Waals surface area (Å²) in [6, 6.07) is 8.17. The smallest absolute Gasteiger partial charge is 0.234 e. The molecular formula is C20H26N2O2S2. The van der Waals surface area contributed by atoms with Gasteiger partial charge in [0.2, 0.25) is 5.91 Å². The van der Waals surface area contributed by atoms with Gasteiger partial charge in [0.05, 0.1) is 5.41 Å². The van der Waals surface area contributed by atoms with Gasteiger partial charge in [-0.05, 0) is 35.7 Å². The molecule has 1 aliphatic carbocycles. The Bertz CT molecular complexity index is 700. The van der Waals surface area contributed by atoms with E-state index in [1.165, 1.54) is 4.88 Å². The van der Waals surface area contributed by atoms with E-state index in [2.05, 4.69) is 27.3 Å². The van der Waals surface area contributed by atoms with Crippen molar-refractivity contribution in [2.45, 2.75) is 37.2 Å². The number of amides is 1. The van der Waals surface area contributed by atoms with Crippen LogP contribution in [0, 0.1) is 0 Å². The number of nitrogens with zero attached hydrogens (tertiary/aromatic N) is 2. The predicted molar refractivity (Wildman–Crippen MR) is 107 cm³/mol. The maximum Gasteiger partial charge on any atom is 0.234 e. The maximum atomic E-state index is 13.4. The first kappa shape index (κ1) is 18.2. The lowest BCUT2D eigenvalue weighted by atomic mass is 9.82. The van der Waals surface area contributed by atoms with Crippen LogP contribution in [0.3, 0.4) is 0 Å². The number of piperazine rings is 1. The molecule has 6 heteroatoms. The first-order valence-electron chi connectivity index (χ1n) is 9.46. The van der Waals surface area contributed by atoms with Crippen molar-refractivity contribution in [1.82, 2.24) is 9.80 Å². The van der Waals surface area contributed by atoms with Crippen LogP contribution in [0.5, 0.6) is 0 Å². The summed E-state index contributed by atoms with van der Waals surface area (Å²) >= 11 is 3.33. The summed E-state index contributed by atoms with van der Waals surface area (Å²) < 4.78 is 0. The Kier molecular flexibility index (Phi) is 5.45. The summed E-state index contributed by atoms with van der Waals surface area (Å²) in [6.07, 6.45) is 3.85. The standard InChI is InChI=1S/C20H26N2O2S2/c23-16(17-5-3-13-25-17)15-21-9-11-22(12-10-21)19(24)20(7-1-2-8-20)18-6-4-14-26-18/h3-6,13-14,16,23H,1-2,7-12,15H2. The predicted octanol–water partition coefficient (Wildman–Crippen LogP) is 3.50. The molecule has 2 aromatic rings. The summed E-state index contributed by atoms with van der Waals surface area (Å²) in [5.41, 5.74) is -0.271. The van der Waals surface area contributed by atoms with Crippen LogP contribution < -0.4 is 0 Å². The van der Waals surface area contributed by atoms with Crippen molar-refractivity contribution in [3.05, 3.63) is 44.8 Å². The normalized spacial score (nSPS) is 21.8. The van der Waals surface area contributed by atoms with Crippen LogP contribution in [0.4, 0.5) is 0 Å². The Morgan fingerprint density at radius 1 is 1.08 bits per heavy atom. The minimum atomic E-state index is -0.426. The first-order chi connectivity index (χ1) is 12.7. The monoisotopic (exact) mass is 390 g/mol. The van der Waals surface area contributed by atoms with Crippen LogP contribution in [-0.4, -0.2) is 53.5 Å². The van der Waals surface area contributed by atoms with Crippen LogP contribution in [0.15, 0.2) is 35.0 Å². The Balaban J connectivity index is 1.37. The lowest BCUT2D eigenvalue weighted by Gasteiger charge is -2.40. The van der Waals surface area contributed by atoms with Gasteiger partial charge in [-0.2, -0.15) is 0 Å². The van der Waals surface area contributed by atoms with Crippen molar-refractivity contribution in [2.75, 3.05) is 32.7 Å². The van der Waals surface area contributed by atoms with Crippen LogP contribution in [0.25, 0.3) is 0 Å². The van der Waals surface area contributed by atoms with E-state index in [1.54, 1.807) is 22.7 Å². The van der Waals surface area contributed by atoms with Crippen molar-refractivity contribution in [3.8, 4) is 0 Å². The maximum absolute atomic E-state index is 13.4. The van der Waals surface area contributed by atoms with Gasteiger partial charge in [-0.25, -0.2) is 0 Å². The second-order valence-electron chi connectivity index (χ2n) is 7.39. The zero-order chi connectivity index (χ0) is 18.0. The molecule has 2 aromatic heterocycles. The highest BCUT2D eigenvalue weighted by Gasteiger charge is 2.46. The molecule has 4 rings (SSSR count). The van der Waals surface area contributed by atoms with Gasteiger partial charge in [0.25, 0.3) is 0 Å². The Morgan fingerprint density at radius 2 is 1.77 bits per heavy atom. The molecule has 1 unspecified atom stereocenters. The molecule has 0 radical (unpaired) electrons. The van der Waals surface area contributed by atoms with Gasteiger partial charge in [-0.3, -0.25) is 9.69 Å². The third kappa shape index (κ3) is 3.48. The van der Waals surface area contributed by atoms with Gasteiger partial charge in [0.15, 0.2) is 0 Å². The lowest BCUT2D eigenvalue weighted by molar-refractivity contribution is -0.139.